The summed E-state index contributed by atoms with van der Waals surface area (Å²) in [4.78, 5) is 19.0. The fourth-order valence-corrected chi connectivity index (χ4v) is 3.59. The number of carbonyl (C=O) groups excluding carboxylic acids is 1. The first-order chi connectivity index (χ1) is 13.7. The molecule has 0 bridgehead atoms. The van der Waals surface area contributed by atoms with Crippen LogP contribution in [0, 0.1) is 6.92 Å². The number of urea groups is 1. The number of amides is 2. The summed E-state index contributed by atoms with van der Waals surface area (Å²) in [7, 11) is 0. The van der Waals surface area contributed by atoms with E-state index < -0.39 is 0 Å². The number of aromatic nitrogens is 4. The van der Waals surface area contributed by atoms with E-state index in [4.69, 9.17) is 4.52 Å². The summed E-state index contributed by atoms with van der Waals surface area (Å²) in [6.07, 6.45) is 7.88. The average molecular weight is 380 g/mol. The normalized spacial score (nSPS) is 16.9. The van der Waals surface area contributed by atoms with Gasteiger partial charge in [0, 0.05) is 42.8 Å². The number of hydrogen-bond acceptors (Lipinski definition) is 5. The minimum absolute atomic E-state index is 0.0495. The molecule has 0 saturated carbocycles. The third-order valence-electron chi connectivity index (χ3n) is 5.05. The molecule has 0 spiro atoms. The van der Waals surface area contributed by atoms with Gasteiger partial charge in [0.15, 0.2) is 5.82 Å². The molecule has 1 fully saturated rings. The van der Waals surface area contributed by atoms with Crippen LogP contribution in [0.15, 0.2) is 47.2 Å². The summed E-state index contributed by atoms with van der Waals surface area (Å²) < 4.78 is 7.09. The van der Waals surface area contributed by atoms with Gasteiger partial charge in [-0.1, -0.05) is 5.16 Å². The number of anilines is 1. The number of benzene rings is 1. The second kappa shape index (κ2) is 8.24. The van der Waals surface area contributed by atoms with Crippen molar-refractivity contribution in [2.75, 3.05) is 11.9 Å². The quantitative estimate of drug-likeness (QED) is 0.729. The topological polar surface area (TPSA) is 89.1 Å². The molecule has 2 aromatic heterocycles. The molecule has 0 aliphatic carbocycles. The van der Waals surface area contributed by atoms with Crippen LogP contribution in [0.3, 0.4) is 0 Å². The molecule has 0 radical (unpaired) electrons. The van der Waals surface area contributed by atoms with Gasteiger partial charge in [-0.2, -0.15) is 10.1 Å². The van der Waals surface area contributed by atoms with Crippen LogP contribution in [-0.4, -0.2) is 43.4 Å². The van der Waals surface area contributed by atoms with Crippen LogP contribution in [0.2, 0.25) is 0 Å². The molecule has 1 aliphatic rings. The van der Waals surface area contributed by atoms with Crippen LogP contribution in [0.25, 0.3) is 11.5 Å². The number of likely N-dealkylation sites (tertiary alicyclic amines) is 1. The molecule has 1 unspecified atom stereocenters. The summed E-state index contributed by atoms with van der Waals surface area (Å²) in [5, 5.41) is 11.1. The molecule has 1 aliphatic heterocycles. The molecule has 1 aromatic carbocycles. The second-order valence-corrected chi connectivity index (χ2v) is 7.06. The van der Waals surface area contributed by atoms with E-state index in [1.165, 1.54) is 0 Å². The Morgan fingerprint density at radius 1 is 1.29 bits per heavy atom. The first-order valence-corrected chi connectivity index (χ1v) is 9.65. The molecule has 8 heteroatoms. The van der Waals surface area contributed by atoms with Gasteiger partial charge in [-0.05, 0) is 62.9 Å². The van der Waals surface area contributed by atoms with E-state index in [1.807, 2.05) is 46.1 Å². The summed E-state index contributed by atoms with van der Waals surface area (Å²) >= 11 is 0. The minimum Gasteiger partial charge on any atom is -0.334 e. The zero-order valence-electron chi connectivity index (χ0n) is 15.9. The SMILES string of the molecule is Cc1noc(-c2ccc(NC(=O)N3CCCCC3CCn3cccn3)cc2)n1. The van der Waals surface area contributed by atoms with Gasteiger partial charge in [0.05, 0.1) is 0 Å². The highest BCUT2D eigenvalue weighted by atomic mass is 16.5. The Kier molecular flexibility index (Phi) is 5.36. The molecule has 146 valence electrons. The number of rotatable bonds is 5. The van der Waals surface area contributed by atoms with Crippen molar-refractivity contribution in [2.24, 2.45) is 0 Å². The Morgan fingerprint density at radius 3 is 2.86 bits per heavy atom. The van der Waals surface area contributed by atoms with Gasteiger partial charge in [-0.15, -0.1) is 0 Å². The van der Waals surface area contributed by atoms with Gasteiger partial charge in [-0.3, -0.25) is 4.68 Å². The lowest BCUT2D eigenvalue weighted by Crippen LogP contribution is -2.46. The molecule has 8 nitrogen and oxygen atoms in total. The number of hydrogen-bond donors (Lipinski definition) is 1. The van der Waals surface area contributed by atoms with E-state index in [9.17, 15) is 4.79 Å². The Hall–Kier alpha value is -3.16. The van der Waals surface area contributed by atoms with E-state index in [-0.39, 0.29) is 12.1 Å². The molecule has 1 atom stereocenters. The van der Waals surface area contributed by atoms with E-state index in [2.05, 4.69) is 20.6 Å². The van der Waals surface area contributed by atoms with Crippen molar-refractivity contribution in [3.8, 4) is 11.5 Å². The van der Waals surface area contributed by atoms with Crippen molar-refractivity contribution < 1.29 is 9.32 Å². The summed E-state index contributed by atoms with van der Waals surface area (Å²) in [6.45, 7) is 3.39. The van der Waals surface area contributed by atoms with Crippen LogP contribution < -0.4 is 5.32 Å². The maximum Gasteiger partial charge on any atom is 0.322 e. The van der Waals surface area contributed by atoms with Crippen molar-refractivity contribution in [1.29, 1.82) is 0 Å². The van der Waals surface area contributed by atoms with Crippen molar-refractivity contribution in [2.45, 2.75) is 45.2 Å². The number of nitrogens with zero attached hydrogens (tertiary/aromatic N) is 5. The number of aryl methyl sites for hydroxylation is 2. The van der Waals surface area contributed by atoms with Gasteiger partial charge in [-0.25, -0.2) is 4.79 Å². The van der Waals surface area contributed by atoms with Crippen LogP contribution >= 0.6 is 0 Å². The molecule has 28 heavy (non-hydrogen) atoms. The van der Waals surface area contributed by atoms with Gasteiger partial charge in [0.1, 0.15) is 0 Å². The monoisotopic (exact) mass is 380 g/mol. The maximum atomic E-state index is 12.8. The Bertz CT molecular complexity index is 903. The molecule has 1 saturated heterocycles. The average Bonchev–Trinajstić information content (AvgIpc) is 3.39. The summed E-state index contributed by atoms with van der Waals surface area (Å²) in [5.74, 6) is 1.07. The lowest BCUT2D eigenvalue weighted by Gasteiger charge is -2.35. The highest BCUT2D eigenvalue weighted by molar-refractivity contribution is 5.89. The smallest absolute Gasteiger partial charge is 0.322 e. The zero-order valence-corrected chi connectivity index (χ0v) is 15.9. The van der Waals surface area contributed by atoms with Crippen molar-refractivity contribution >= 4 is 11.7 Å². The number of carbonyl (C=O) groups is 1. The standard InChI is InChI=1S/C20H24N6O2/c1-15-22-19(28-24-15)16-6-8-17(9-7-16)23-20(27)26-13-3-2-5-18(26)10-14-25-12-4-11-21-25/h4,6-9,11-12,18H,2-3,5,10,13-14H2,1H3,(H,23,27). The van der Waals surface area contributed by atoms with Gasteiger partial charge in [0.25, 0.3) is 5.89 Å². The van der Waals surface area contributed by atoms with Gasteiger partial charge < -0.3 is 14.7 Å². The largest absolute Gasteiger partial charge is 0.334 e. The van der Waals surface area contributed by atoms with Crippen LogP contribution in [0.5, 0.6) is 0 Å². The highest BCUT2D eigenvalue weighted by Crippen LogP contribution is 2.23. The first kappa shape index (κ1) is 18.2. The number of nitrogens with one attached hydrogen (secondary N) is 1. The fourth-order valence-electron chi connectivity index (χ4n) is 3.59. The van der Waals surface area contributed by atoms with E-state index in [0.29, 0.717) is 11.7 Å². The Balaban J connectivity index is 1.38. The molecule has 3 aromatic rings. The third kappa shape index (κ3) is 4.21. The summed E-state index contributed by atoms with van der Waals surface area (Å²) in [6, 6.07) is 9.56. The Labute approximate surface area is 163 Å². The van der Waals surface area contributed by atoms with Crippen molar-refractivity contribution in [1.82, 2.24) is 24.8 Å². The minimum atomic E-state index is -0.0495. The van der Waals surface area contributed by atoms with Gasteiger partial charge in [0.2, 0.25) is 0 Å². The van der Waals surface area contributed by atoms with Gasteiger partial charge >= 0.3 is 6.03 Å². The lowest BCUT2D eigenvalue weighted by atomic mass is 10.00. The molecular formula is C20H24N6O2. The predicted molar refractivity (Wildman–Crippen MR) is 105 cm³/mol. The summed E-state index contributed by atoms with van der Waals surface area (Å²) in [5.41, 5.74) is 1.58. The van der Waals surface area contributed by atoms with Crippen molar-refractivity contribution in [3.05, 3.63) is 48.5 Å². The fraction of sp³-hybridized carbons (Fsp3) is 0.400. The van der Waals surface area contributed by atoms with Crippen LogP contribution in [0.1, 0.15) is 31.5 Å². The molecule has 4 rings (SSSR count). The maximum absolute atomic E-state index is 12.8. The van der Waals surface area contributed by atoms with Crippen LogP contribution in [0.4, 0.5) is 10.5 Å². The first-order valence-electron chi connectivity index (χ1n) is 9.65. The zero-order chi connectivity index (χ0) is 19.3. The van der Waals surface area contributed by atoms with E-state index in [0.717, 1.165) is 50.0 Å². The molecule has 3 heterocycles. The third-order valence-corrected chi connectivity index (χ3v) is 5.05. The second-order valence-electron chi connectivity index (χ2n) is 7.06. The number of piperidine rings is 1. The molecule has 1 N–H and O–H groups in total. The highest BCUT2D eigenvalue weighted by Gasteiger charge is 2.26. The van der Waals surface area contributed by atoms with E-state index >= 15 is 0 Å². The molecule has 2 amide bonds. The predicted octanol–water partition coefficient (Wildman–Crippen LogP) is 3.72. The van der Waals surface area contributed by atoms with Crippen LogP contribution in [-0.2, 0) is 6.54 Å². The van der Waals surface area contributed by atoms with Crippen molar-refractivity contribution in [3.63, 3.8) is 0 Å². The Morgan fingerprint density at radius 2 is 2.14 bits per heavy atom. The lowest BCUT2D eigenvalue weighted by molar-refractivity contribution is 0.154. The molecular weight excluding hydrogens is 356 g/mol. The van der Waals surface area contributed by atoms with E-state index in [1.54, 1.807) is 13.1 Å².